The number of hydrogen-bond acceptors (Lipinski definition) is 4. The minimum absolute atomic E-state index is 0.715. The second kappa shape index (κ2) is 7.17. The summed E-state index contributed by atoms with van der Waals surface area (Å²) in [6.07, 6.45) is 0. The molecule has 84 valence electrons. The van der Waals surface area contributed by atoms with Gasteiger partial charge in [0, 0.05) is 23.2 Å². The SMILES string of the molecule is CNCSc1cc(C)cc(CNCS)c1. The summed E-state index contributed by atoms with van der Waals surface area (Å²) < 4.78 is 0. The van der Waals surface area contributed by atoms with Crippen LogP contribution in [0.5, 0.6) is 0 Å². The van der Waals surface area contributed by atoms with E-state index in [4.69, 9.17) is 0 Å². The highest BCUT2D eigenvalue weighted by molar-refractivity contribution is 7.99. The molecule has 0 heterocycles. The molecule has 0 aromatic heterocycles. The third-order valence-corrected chi connectivity index (χ3v) is 3.16. The predicted molar refractivity (Wildman–Crippen MR) is 71.7 cm³/mol. The molecule has 15 heavy (non-hydrogen) atoms. The van der Waals surface area contributed by atoms with Crippen molar-refractivity contribution in [2.24, 2.45) is 0 Å². The first-order valence-electron chi connectivity index (χ1n) is 4.96. The summed E-state index contributed by atoms with van der Waals surface area (Å²) in [6.45, 7) is 3.02. The molecule has 0 saturated heterocycles. The Morgan fingerprint density at radius 3 is 2.80 bits per heavy atom. The lowest BCUT2D eigenvalue weighted by Crippen LogP contribution is -2.10. The van der Waals surface area contributed by atoms with Gasteiger partial charge in [0.15, 0.2) is 0 Å². The van der Waals surface area contributed by atoms with Gasteiger partial charge in [0.05, 0.1) is 0 Å². The van der Waals surface area contributed by atoms with E-state index in [0.717, 1.165) is 12.4 Å². The van der Waals surface area contributed by atoms with Crippen molar-refractivity contribution in [1.82, 2.24) is 10.6 Å². The molecule has 0 fully saturated rings. The van der Waals surface area contributed by atoms with Gasteiger partial charge in [0.25, 0.3) is 0 Å². The molecule has 0 aliphatic carbocycles. The number of aryl methyl sites for hydroxylation is 1. The largest absolute Gasteiger partial charge is 0.311 e. The van der Waals surface area contributed by atoms with E-state index in [0.29, 0.717) is 5.88 Å². The zero-order valence-corrected chi connectivity index (χ0v) is 10.9. The molecule has 0 radical (unpaired) electrons. The highest BCUT2D eigenvalue weighted by Gasteiger charge is 1.98. The maximum Gasteiger partial charge on any atom is 0.0463 e. The van der Waals surface area contributed by atoms with Crippen molar-refractivity contribution in [1.29, 1.82) is 0 Å². The maximum atomic E-state index is 4.13. The van der Waals surface area contributed by atoms with Crippen LogP contribution in [0.3, 0.4) is 0 Å². The zero-order chi connectivity index (χ0) is 11.1. The number of hydrogen-bond donors (Lipinski definition) is 3. The van der Waals surface area contributed by atoms with Gasteiger partial charge in [-0.2, -0.15) is 12.6 Å². The molecule has 0 saturated carbocycles. The Bertz CT molecular complexity index is 276. The van der Waals surface area contributed by atoms with Gasteiger partial charge in [0.2, 0.25) is 0 Å². The van der Waals surface area contributed by atoms with Crippen LogP contribution in [0, 0.1) is 6.92 Å². The van der Waals surface area contributed by atoms with Gasteiger partial charge >= 0.3 is 0 Å². The Hall–Kier alpha value is -0.160. The van der Waals surface area contributed by atoms with E-state index in [1.54, 1.807) is 0 Å². The van der Waals surface area contributed by atoms with Gasteiger partial charge in [-0.3, -0.25) is 0 Å². The standard InChI is InChI=1S/C11H18N2S2/c1-9-3-10(6-13-7-14)5-11(4-9)15-8-12-2/h3-5,12-14H,6-8H2,1-2H3. The van der Waals surface area contributed by atoms with Gasteiger partial charge < -0.3 is 10.6 Å². The van der Waals surface area contributed by atoms with Crippen molar-refractivity contribution in [3.63, 3.8) is 0 Å². The molecule has 2 N–H and O–H groups in total. The van der Waals surface area contributed by atoms with Crippen LogP contribution in [-0.2, 0) is 6.54 Å². The fourth-order valence-electron chi connectivity index (χ4n) is 1.37. The first kappa shape index (κ1) is 12.9. The average Bonchev–Trinajstić information content (AvgIpc) is 2.23. The smallest absolute Gasteiger partial charge is 0.0463 e. The summed E-state index contributed by atoms with van der Waals surface area (Å²) in [4.78, 5) is 1.32. The van der Waals surface area contributed by atoms with Crippen LogP contribution in [0.4, 0.5) is 0 Å². The quantitative estimate of drug-likeness (QED) is 0.405. The highest BCUT2D eigenvalue weighted by Crippen LogP contribution is 2.20. The minimum atomic E-state index is 0.715. The fraction of sp³-hybridized carbons (Fsp3) is 0.455. The van der Waals surface area contributed by atoms with Crippen molar-refractivity contribution < 1.29 is 0 Å². The van der Waals surface area contributed by atoms with E-state index in [1.807, 2.05) is 18.8 Å². The van der Waals surface area contributed by atoms with E-state index < -0.39 is 0 Å². The average molecular weight is 242 g/mol. The van der Waals surface area contributed by atoms with E-state index in [1.165, 1.54) is 16.0 Å². The molecule has 0 aliphatic heterocycles. The molecular weight excluding hydrogens is 224 g/mol. The van der Waals surface area contributed by atoms with Crippen molar-refractivity contribution in [3.05, 3.63) is 29.3 Å². The Balaban J connectivity index is 2.66. The molecule has 0 spiro atoms. The lowest BCUT2D eigenvalue weighted by Gasteiger charge is -2.07. The molecule has 1 rings (SSSR count). The molecule has 0 unspecified atom stereocenters. The summed E-state index contributed by atoms with van der Waals surface area (Å²) in [5, 5.41) is 6.35. The normalized spacial score (nSPS) is 10.6. The van der Waals surface area contributed by atoms with E-state index >= 15 is 0 Å². The number of thiol groups is 1. The van der Waals surface area contributed by atoms with Crippen LogP contribution in [0.25, 0.3) is 0 Å². The summed E-state index contributed by atoms with van der Waals surface area (Å²) in [7, 11) is 1.96. The fourth-order valence-corrected chi connectivity index (χ4v) is 2.29. The zero-order valence-electron chi connectivity index (χ0n) is 9.21. The van der Waals surface area contributed by atoms with Crippen LogP contribution in [0.15, 0.2) is 23.1 Å². The van der Waals surface area contributed by atoms with Gasteiger partial charge in [-0.15, -0.1) is 11.8 Å². The van der Waals surface area contributed by atoms with Crippen molar-refractivity contribution in [3.8, 4) is 0 Å². The van der Waals surface area contributed by atoms with Crippen molar-refractivity contribution in [2.45, 2.75) is 18.4 Å². The Kier molecular flexibility index (Phi) is 6.17. The molecule has 0 atom stereocenters. The number of nitrogens with one attached hydrogen (secondary N) is 2. The first-order chi connectivity index (χ1) is 7.26. The molecule has 2 nitrogen and oxygen atoms in total. The lowest BCUT2D eigenvalue weighted by molar-refractivity contribution is 0.795. The third-order valence-electron chi connectivity index (χ3n) is 1.93. The molecule has 4 heteroatoms. The maximum absolute atomic E-state index is 4.13. The third kappa shape index (κ3) is 4.93. The number of rotatable bonds is 6. The Morgan fingerprint density at radius 1 is 1.33 bits per heavy atom. The molecule has 1 aromatic rings. The Morgan fingerprint density at radius 2 is 2.13 bits per heavy atom. The monoisotopic (exact) mass is 242 g/mol. The van der Waals surface area contributed by atoms with E-state index in [9.17, 15) is 0 Å². The predicted octanol–water partition coefficient (Wildman–Crippen LogP) is 2.24. The van der Waals surface area contributed by atoms with Crippen LogP contribution < -0.4 is 10.6 Å². The van der Waals surface area contributed by atoms with E-state index in [-0.39, 0.29) is 0 Å². The molecule has 0 aliphatic rings. The van der Waals surface area contributed by atoms with Crippen molar-refractivity contribution >= 4 is 24.4 Å². The first-order valence-corrected chi connectivity index (χ1v) is 6.57. The number of benzene rings is 1. The molecule has 1 aromatic carbocycles. The summed E-state index contributed by atoms with van der Waals surface area (Å²) in [5.74, 6) is 1.66. The summed E-state index contributed by atoms with van der Waals surface area (Å²) >= 11 is 5.96. The van der Waals surface area contributed by atoms with Crippen LogP contribution >= 0.6 is 24.4 Å². The van der Waals surface area contributed by atoms with Crippen molar-refractivity contribution in [2.75, 3.05) is 18.8 Å². The van der Waals surface area contributed by atoms with Crippen LogP contribution in [0.1, 0.15) is 11.1 Å². The molecular formula is C11H18N2S2. The molecule has 0 bridgehead atoms. The van der Waals surface area contributed by atoms with Crippen LogP contribution in [0.2, 0.25) is 0 Å². The van der Waals surface area contributed by atoms with Gasteiger partial charge in [-0.25, -0.2) is 0 Å². The topological polar surface area (TPSA) is 24.1 Å². The number of thioether (sulfide) groups is 1. The second-order valence-corrected chi connectivity index (χ2v) is 4.75. The molecule has 0 amide bonds. The minimum Gasteiger partial charge on any atom is -0.311 e. The van der Waals surface area contributed by atoms with E-state index in [2.05, 4.69) is 48.4 Å². The lowest BCUT2D eigenvalue weighted by atomic mass is 10.1. The van der Waals surface area contributed by atoms with Gasteiger partial charge in [-0.05, 0) is 37.2 Å². The second-order valence-electron chi connectivity index (χ2n) is 3.38. The van der Waals surface area contributed by atoms with Gasteiger partial charge in [0.1, 0.15) is 0 Å². The highest BCUT2D eigenvalue weighted by atomic mass is 32.2. The Labute approximate surface area is 102 Å². The summed E-state index contributed by atoms with van der Waals surface area (Å²) in [5.41, 5.74) is 2.63. The van der Waals surface area contributed by atoms with Crippen LogP contribution in [-0.4, -0.2) is 18.8 Å². The van der Waals surface area contributed by atoms with Gasteiger partial charge in [-0.1, -0.05) is 6.07 Å². The summed E-state index contributed by atoms with van der Waals surface area (Å²) in [6, 6.07) is 6.65.